The van der Waals surface area contributed by atoms with Crippen LogP contribution in [0.1, 0.15) is 18.4 Å². The number of anilines is 2. The van der Waals surface area contributed by atoms with Crippen molar-refractivity contribution < 1.29 is 9.53 Å². The number of carbonyl (C=O) groups excluding carboxylic acids is 1. The lowest BCUT2D eigenvalue weighted by molar-refractivity contribution is -0.117. The van der Waals surface area contributed by atoms with Crippen LogP contribution >= 0.6 is 0 Å². The first-order valence-corrected chi connectivity index (χ1v) is 7.73. The summed E-state index contributed by atoms with van der Waals surface area (Å²) in [5.41, 5.74) is 2.15. The summed E-state index contributed by atoms with van der Waals surface area (Å²) >= 11 is 0. The number of benzene rings is 1. The minimum absolute atomic E-state index is 0.0807. The van der Waals surface area contributed by atoms with Crippen LogP contribution in [-0.4, -0.2) is 42.2 Å². The summed E-state index contributed by atoms with van der Waals surface area (Å²) in [6.45, 7) is 5.23. The first kappa shape index (κ1) is 15.4. The predicted molar refractivity (Wildman–Crippen MR) is 88.6 cm³/mol. The molecule has 6 nitrogen and oxygen atoms in total. The summed E-state index contributed by atoms with van der Waals surface area (Å²) in [6.07, 6.45) is 3.02. The monoisotopic (exact) mass is 312 g/mol. The van der Waals surface area contributed by atoms with Gasteiger partial charge >= 0.3 is 0 Å². The maximum atomic E-state index is 12.3. The maximum absolute atomic E-state index is 12.3. The highest BCUT2D eigenvalue weighted by atomic mass is 16.5. The normalized spacial score (nSPS) is 16.0. The highest BCUT2D eigenvalue weighted by Crippen LogP contribution is 2.22. The Balaban J connectivity index is 1.65. The Hall–Kier alpha value is -2.47. The van der Waals surface area contributed by atoms with Crippen molar-refractivity contribution in [3.05, 3.63) is 48.4 Å². The molecule has 0 spiro atoms. The van der Waals surface area contributed by atoms with E-state index in [1.807, 2.05) is 19.1 Å². The van der Waals surface area contributed by atoms with Gasteiger partial charge in [0.2, 0.25) is 5.91 Å². The van der Waals surface area contributed by atoms with E-state index in [0.717, 1.165) is 31.9 Å². The van der Waals surface area contributed by atoms with Crippen molar-refractivity contribution in [2.45, 2.75) is 12.8 Å². The Labute approximate surface area is 135 Å². The summed E-state index contributed by atoms with van der Waals surface area (Å²) < 4.78 is 5.37. The van der Waals surface area contributed by atoms with Crippen LogP contribution < -0.4 is 10.2 Å². The van der Waals surface area contributed by atoms with Crippen LogP contribution in [0.5, 0.6) is 0 Å². The van der Waals surface area contributed by atoms with E-state index >= 15 is 0 Å². The van der Waals surface area contributed by atoms with Gasteiger partial charge in [-0.3, -0.25) is 4.79 Å². The smallest absolute Gasteiger partial charge is 0.232 e. The van der Waals surface area contributed by atoms with E-state index in [-0.39, 0.29) is 11.8 Å². The molecule has 2 aromatic rings. The number of morpholine rings is 1. The van der Waals surface area contributed by atoms with E-state index in [9.17, 15) is 4.79 Å². The Morgan fingerprint density at radius 3 is 2.61 bits per heavy atom. The molecule has 1 aliphatic rings. The summed E-state index contributed by atoms with van der Waals surface area (Å²) in [7, 11) is 0. The van der Waals surface area contributed by atoms with Crippen molar-refractivity contribution in [2.24, 2.45) is 0 Å². The number of nitrogens with zero attached hydrogens (tertiary/aromatic N) is 3. The van der Waals surface area contributed by atoms with E-state index in [2.05, 4.69) is 32.3 Å². The van der Waals surface area contributed by atoms with E-state index in [4.69, 9.17) is 4.74 Å². The fraction of sp³-hybridized carbons (Fsp3) is 0.353. The van der Waals surface area contributed by atoms with Crippen molar-refractivity contribution in [3.8, 4) is 0 Å². The molecule has 1 unspecified atom stereocenters. The second-order valence-electron chi connectivity index (χ2n) is 5.50. The number of hydrogen-bond donors (Lipinski definition) is 1. The Kier molecular flexibility index (Phi) is 4.83. The number of hydrogen-bond acceptors (Lipinski definition) is 5. The molecule has 1 N–H and O–H groups in total. The summed E-state index contributed by atoms with van der Waals surface area (Å²) in [5.74, 6) is 0.188. The molecule has 1 fully saturated rings. The number of nitrogens with one attached hydrogen (secondary N) is 1. The predicted octanol–water partition coefficient (Wildman–Crippen LogP) is 2.06. The average Bonchev–Trinajstić information content (AvgIpc) is 2.63. The molecule has 0 aliphatic carbocycles. The molecule has 3 rings (SSSR count). The van der Waals surface area contributed by atoms with Gasteiger partial charge in [0, 0.05) is 25.0 Å². The molecule has 0 saturated carbocycles. The first-order valence-electron chi connectivity index (χ1n) is 7.73. The second-order valence-corrected chi connectivity index (χ2v) is 5.50. The third-order valence-electron chi connectivity index (χ3n) is 4.00. The van der Waals surface area contributed by atoms with Crippen molar-refractivity contribution in [1.82, 2.24) is 9.97 Å². The Bertz CT molecular complexity index is 639. The van der Waals surface area contributed by atoms with Crippen LogP contribution in [-0.2, 0) is 9.53 Å². The van der Waals surface area contributed by atoms with Crippen LogP contribution in [0.2, 0.25) is 0 Å². The Morgan fingerprint density at radius 2 is 1.96 bits per heavy atom. The van der Waals surface area contributed by atoms with Crippen molar-refractivity contribution in [1.29, 1.82) is 0 Å². The lowest BCUT2D eigenvalue weighted by Crippen LogP contribution is -2.36. The summed E-state index contributed by atoms with van der Waals surface area (Å²) in [4.78, 5) is 22.4. The lowest BCUT2D eigenvalue weighted by atomic mass is 10.00. The van der Waals surface area contributed by atoms with E-state index in [0.29, 0.717) is 5.82 Å². The zero-order valence-corrected chi connectivity index (χ0v) is 13.1. The molecule has 2 heterocycles. The standard InChI is InChI=1S/C17H20N4O2/c1-13(17(22)20-16-6-7-18-12-19-16)14-2-4-15(5-3-14)21-8-10-23-11-9-21/h2-7,12-13H,8-11H2,1H3,(H,18,19,20,22). The number of aromatic nitrogens is 2. The third kappa shape index (κ3) is 3.84. The van der Waals surface area contributed by atoms with Crippen LogP contribution in [0, 0.1) is 0 Å². The van der Waals surface area contributed by atoms with Gasteiger partial charge in [-0.05, 0) is 30.7 Å². The molecule has 1 amide bonds. The molecule has 1 aliphatic heterocycles. The maximum Gasteiger partial charge on any atom is 0.232 e. The third-order valence-corrected chi connectivity index (χ3v) is 4.00. The fourth-order valence-electron chi connectivity index (χ4n) is 2.55. The molecule has 1 saturated heterocycles. The van der Waals surface area contributed by atoms with Gasteiger partial charge in [0.1, 0.15) is 12.1 Å². The quantitative estimate of drug-likeness (QED) is 0.936. The van der Waals surface area contributed by atoms with Crippen LogP contribution in [0.25, 0.3) is 0 Å². The second kappa shape index (κ2) is 7.19. The van der Waals surface area contributed by atoms with Gasteiger partial charge in [0.05, 0.1) is 19.1 Å². The van der Waals surface area contributed by atoms with E-state index in [1.54, 1.807) is 12.3 Å². The van der Waals surface area contributed by atoms with Gasteiger partial charge in [-0.1, -0.05) is 12.1 Å². The van der Waals surface area contributed by atoms with Crippen LogP contribution in [0.15, 0.2) is 42.9 Å². The Morgan fingerprint density at radius 1 is 1.22 bits per heavy atom. The average molecular weight is 312 g/mol. The van der Waals surface area contributed by atoms with Crippen LogP contribution in [0.3, 0.4) is 0 Å². The topological polar surface area (TPSA) is 67.4 Å². The highest BCUT2D eigenvalue weighted by molar-refractivity contribution is 5.94. The molecule has 1 aromatic heterocycles. The lowest BCUT2D eigenvalue weighted by Gasteiger charge is -2.29. The highest BCUT2D eigenvalue weighted by Gasteiger charge is 2.17. The van der Waals surface area contributed by atoms with Gasteiger partial charge in [0.15, 0.2) is 0 Å². The number of carbonyl (C=O) groups is 1. The SMILES string of the molecule is CC(C(=O)Nc1ccncn1)c1ccc(N2CCOCC2)cc1. The van der Waals surface area contributed by atoms with Crippen LogP contribution in [0.4, 0.5) is 11.5 Å². The van der Waals surface area contributed by atoms with Crippen molar-refractivity contribution in [3.63, 3.8) is 0 Å². The summed E-state index contributed by atoms with van der Waals surface area (Å²) in [6, 6.07) is 9.82. The number of rotatable bonds is 4. The molecule has 1 aromatic carbocycles. The number of amides is 1. The van der Waals surface area contributed by atoms with E-state index in [1.165, 1.54) is 12.0 Å². The molecule has 6 heteroatoms. The van der Waals surface area contributed by atoms with Crippen molar-refractivity contribution in [2.75, 3.05) is 36.5 Å². The molecule has 1 atom stereocenters. The van der Waals surface area contributed by atoms with E-state index < -0.39 is 0 Å². The minimum Gasteiger partial charge on any atom is -0.378 e. The first-order chi connectivity index (χ1) is 11.2. The van der Waals surface area contributed by atoms with Gasteiger partial charge in [-0.25, -0.2) is 9.97 Å². The van der Waals surface area contributed by atoms with Gasteiger partial charge in [-0.2, -0.15) is 0 Å². The molecular weight excluding hydrogens is 292 g/mol. The molecule has 23 heavy (non-hydrogen) atoms. The number of ether oxygens (including phenoxy) is 1. The molecule has 0 radical (unpaired) electrons. The summed E-state index contributed by atoms with van der Waals surface area (Å²) in [5, 5.41) is 2.80. The molecule has 120 valence electrons. The van der Waals surface area contributed by atoms with Gasteiger partial charge in [0.25, 0.3) is 0 Å². The largest absolute Gasteiger partial charge is 0.378 e. The minimum atomic E-state index is -0.247. The molecule has 0 bridgehead atoms. The fourth-order valence-corrected chi connectivity index (χ4v) is 2.55. The molecular formula is C17H20N4O2. The van der Waals surface area contributed by atoms with Crippen molar-refractivity contribution >= 4 is 17.4 Å². The zero-order valence-electron chi connectivity index (χ0n) is 13.1. The zero-order chi connectivity index (χ0) is 16.1. The van der Waals surface area contributed by atoms with Gasteiger partial charge in [-0.15, -0.1) is 0 Å². The van der Waals surface area contributed by atoms with Gasteiger partial charge < -0.3 is 15.0 Å².